The van der Waals surface area contributed by atoms with Crippen molar-refractivity contribution >= 4 is 0 Å². The summed E-state index contributed by atoms with van der Waals surface area (Å²) in [6.07, 6.45) is 16.2. The maximum absolute atomic E-state index is 9.71. The molecule has 0 aromatic heterocycles. The van der Waals surface area contributed by atoms with Crippen LogP contribution in [0, 0.1) is 35.0 Å². The van der Waals surface area contributed by atoms with Crippen LogP contribution in [-0.2, 0) is 0 Å². The number of allylic oxidation sites excluding steroid dienone is 5. The molecule has 28 heavy (non-hydrogen) atoms. The van der Waals surface area contributed by atoms with Gasteiger partial charge in [-0.05, 0) is 111 Å². The van der Waals surface area contributed by atoms with Crippen molar-refractivity contribution in [2.75, 3.05) is 0 Å². The zero-order chi connectivity index (χ0) is 20.5. The molecular weight excluding hydrogens is 340 g/mol. The first-order valence-corrected chi connectivity index (χ1v) is 12.0. The SMILES string of the molecule is C=C1/C(=C\C=C2/CCC[C@]3(C)C([C@H](C)CCC(C)O)CC[C@@H]23)C[C@@H](C)C[C@@H]1C. The maximum Gasteiger partial charge on any atom is 0.0512 e. The third kappa shape index (κ3) is 4.50. The Morgan fingerprint density at radius 3 is 2.64 bits per heavy atom. The van der Waals surface area contributed by atoms with E-state index in [0.29, 0.717) is 11.3 Å². The Morgan fingerprint density at radius 1 is 1.18 bits per heavy atom. The number of hydrogen-bond acceptors (Lipinski definition) is 1. The summed E-state index contributed by atoms with van der Waals surface area (Å²) >= 11 is 0. The van der Waals surface area contributed by atoms with E-state index < -0.39 is 0 Å². The Kier molecular flexibility index (Phi) is 6.96. The van der Waals surface area contributed by atoms with Crippen LogP contribution in [0.25, 0.3) is 0 Å². The molecule has 0 radical (unpaired) electrons. The molecule has 3 aliphatic rings. The monoisotopic (exact) mass is 384 g/mol. The molecule has 0 heterocycles. The van der Waals surface area contributed by atoms with Gasteiger partial charge in [-0.1, -0.05) is 52.0 Å². The standard InChI is InChI=1S/C27H44O/c1-18-16-20(3)22(5)24(17-18)12-11-23-8-7-15-27(6)25(13-14-26(23)27)19(2)9-10-21(4)28/h11-12,18-21,25-26,28H,5,7-10,13-17H2,1-4,6H3/b23-11+,24-12-/t18-,19+,20-,21?,25?,26-,27+/m0/s1. The van der Waals surface area contributed by atoms with Crippen LogP contribution in [0.3, 0.4) is 0 Å². The second kappa shape index (κ2) is 8.90. The molecule has 3 saturated carbocycles. The lowest BCUT2D eigenvalue weighted by molar-refractivity contribution is 0.0849. The summed E-state index contributed by atoms with van der Waals surface area (Å²) in [7, 11) is 0. The Labute approximate surface area is 174 Å². The number of fused-ring (bicyclic) bond motifs is 1. The molecule has 158 valence electrons. The number of aliphatic hydroxyl groups excluding tert-OH is 1. The van der Waals surface area contributed by atoms with Gasteiger partial charge in [-0.25, -0.2) is 0 Å². The average Bonchev–Trinajstić information content (AvgIpc) is 2.99. The van der Waals surface area contributed by atoms with Crippen LogP contribution < -0.4 is 0 Å². The highest BCUT2D eigenvalue weighted by molar-refractivity contribution is 5.37. The van der Waals surface area contributed by atoms with Crippen LogP contribution in [-0.4, -0.2) is 11.2 Å². The van der Waals surface area contributed by atoms with Crippen molar-refractivity contribution < 1.29 is 5.11 Å². The molecular formula is C27H44O. The summed E-state index contributed by atoms with van der Waals surface area (Å²) in [5, 5.41) is 9.71. The van der Waals surface area contributed by atoms with Gasteiger partial charge in [0.05, 0.1) is 6.10 Å². The molecule has 0 bridgehead atoms. The van der Waals surface area contributed by atoms with Crippen molar-refractivity contribution in [3.05, 3.63) is 35.5 Å². The molecule has 0 saturated heterocycles. The van der Waals surface area contributed by atoms with Crippen molar-refractivity contribution in [3.63, 3.8) is 0 Å². The lowest BCUT2D eigenvalue weighted by Crippen LogP contribution is -2.36. The van der Waals surface area contributed by atoms with Gasteiger partial charge in [-0.15, -0.1) is 0 Å². The molecule has 2 unspecified atom stereocenters. The van der Waals surface area contributed by atoms with Crippen LogP contribution in [0.4, 0.5) is 0 Å². The second-order valence-corrected chi connectivity index (χ2v) is 10.9. The third-order valence-corrected chi connectivity index (χ3v) is 8.59. The first-order valence-electron chi connectivity index (χ1n) is 12.0. The molecule has 3 aliphatic carbocycles. The molecule has 1 heteroatoms. The molecule has 1 N–H and O–H groups in total. The summed E-state index contributed by atoms with van der Waals surface area (Å²) in [5.74, 6) is 3.73. The summed E-state index contributed by atoms with van der Waals surface area (Å²) < 4.78 is 0. The molecule has 3 rings (SSSR count). The van der Waals surface area contributed by atoms with Crippen molar-refractivity contribution in [3.8, 4) is 0 Å². The van der Waals surface area contributed by atoms with Gasteiger partial charge < -0.3 is 5.11 Å². The zero-order valence-corrected chi connectivity index (χ0v) is 19.1. The Balaban J connectivity index is 1.75. The normalized spacial score (nSPS) is 41.3. The van der Waals surface area contributed by atoms with Crippen LogP contribution in [0.1, 0.15) is 92.4 Å². The minimum Gasteiger partial charge on any atom is -0.393 e. The number of hydrogen-bond donors (Lipinski definition) is 1. The van der Waals surface area contributed by atoms with Gasteiger partial charge in [0.2, 0.25) is 0 Å². The summed E-state index contributed by atoms with van der Waals surface area (Å²) in [6.45, 7) is 16.1. The molecule has 0 aromatic carbocycles. The van der Waals surface area contributed by atoms with E-state index in [1.807, 2.05) is 6.92 Å². The van der Waals surface area contributed by atoms with Gasteiger partial charge >= 0.3 is 0 Å². The fourth-order valence-electron chi connectivity index (χ4n) is 6.95. The first-order chi connectivity index (χ1) is 13.2. The van der Waals surface area contributed by atoms with E-state index in [0.717, 1.165) is 30.1 Å². The Hall–Kier alpha value is -0.820. The van der Waals surface area contributed by atoms with Gasteiger partial charge in [0.15, 0.2) is 0 Å². The zero-order valence-electron chi connectivity index (χ0n) is 19.1. The first kappa shape index (κ1) is 21.9. The van der Waals surface area contributed by atoms with E-state index in [1.165, 1.54) is 62.5 Å². The van der Waals surface area contributed by atoms with Gasteiger partial charge in [-0.3, -0.25) is 0 Å². The molecule has 7 atom stereocenters. The van der Waals surface area contributed by atoms with Crippen LogP contribution >= 0.6 is 0 Å². The lowest BCUT2D eigenvalue weighted by atomic mass is 9.60. The van der Waals surface area contributed by atoms with Gasteiger partial charge in [0, 0.05) is 0 Å². The van der Waals surface area contributed by atoms with E-state index in [-0.39, 0.29) is 6.10 Å². The van der Waals surface area contributed by atoms with Gasteiger partial charge in [0.25, 0.3) is 0 Å². The molecule has 0 amide bonds. The minimum absolute atomic E-state index is 0.158. The lowest BCUT2D eigenvalue weighted by Gasteiger charge is -2.44. The summed E-state index contributed by atoms with van der Waals surface area (Å²) in [5.41, 5.74) is 5.06. The Morgan fingerprint density at radius 2 is 1.93 bits per heavy atom. The minimum atomic E-state index is -0.158. The van der Waals surface area contributed by atoms with Crippen LogP contribution in [0.5, 0.6) is 0 Å². The van der Waals surface area contributed by atoms with E-state index in [1.54, 1.807) is 5.57 Å². The van der Waals surface area contributed by atoms with Crippen LogP contribution in [0.2, 0.25) is 0 Å². The van der Waals surface area contributed by atoms with Crippen molar-refractivity contribution in [2.24, 2.45) is 35.0 Å². The molecule has 0 spiro atoms. The van der Waals surface area contributed by atoms with Gasteiger partial charge in [0.1, 0.15) is 0 Å². The predicted molar refractivity (Wildman–Crippen MR) is 121 cm³/mol. The largest absolute Gasteiger partial charge is 0.393 e. The topological polar surface area (TPSA) is 20.2 Å². The van der Waals surface area contributed by atoms with E-state index in [2.05, 4.69) is 46.4 Å². The highest BCUT2D eigenvalue weighted by Gasteiger charge is 2.50. The van der Waals surface area contributed by atoms with Crippen molar-refractivity contribution in [2.45, 2.75) is 98.5 Å². The second-order valence-electron chi connectivity index (χ2n) is 10.9. The van der Waals surface area contributed by atoms with E-state index >= 15 is 0 Å². The fourth-order valence-corrected chi connectivity index (χ4v) is 6.95. The predicted octanol–water partition coefficient (Wildman–Crippen LogP) is 7.47. The highest BCUT2D eigenvalue weighted by atomic mass is 16.3. The van der Waals surface area contributed by atoms with Gasteiger partial charge in [-0.2, -0.15) is 0 Å². The van der Waals surface area contributed by atoms with Crippen LogP contribution in [0.15, 0.2) is 35.5 Å². The smallest absolute Gasteiger partial charge is 0.0512 e. The maximum atomic E-state index is 9.71. The van der Waals surface area contributed by atoms with E-state index in [4.69, 9.17) is 0 Å². The third-order valence-electron chi connectivity index (χ3n) is 8.59. The Bertz CT molecular complexity index is 624. The van der Waals surface area contributed by atoms with Crippen molar-refractivity contribution in [1.82, 2.24) is 0 Å². The number of aliphatic hydroxyl groups is 1. The molecule has 1 nitrogen and oxygen atoms in total. The fraction of sp³-hybridized carbons (Fsp3) is 0.778. The number of rotatable bonds is 5. The highest BCUT2D eigenvalue weighted by Crippen LogP contribution is 2.59. The molecule has 0 aromatic rings. The average molecular weight is 385 g/mol. The molecule has 3 fully saturated rings. The summed E-state index contributed by atoms with van der Waals surface area (Å²) in [6, 6.07) is 0. The molecule has 0 aliphatic heterocycles. The van der Waals surface area contributed by atoms with Crippen molar-refractivity contribution in [1.29, 1.82) is 0 Å². The quantitative estimate of drug-likeness (QED) is 0.521. The van der Waals surface area contributed by atoms with E-state index in [9.17, 15) is 5.11 Å². The summed E-state index contributed by atoms with van der Waals surface area (Å²) in [4.78, 5) is 0.